The molecular weight excluding hydrogens is 404 g/mol. The quantitative estimate of drug-likeness (QED) is 0.580. The molecule has 1 aliphatic heterocycles. The average molecular weight is 435 g/mol. The molecule has 1 unspecified atom stereocenters. The maximum Gasteiger partial charge on any atom is 0.225 e. The molecule has 2 heterocycles. The lowest BCUT2D eigenvalue weighted by molar-refractivity contribution is -0.116. The fourth-order valence-corrected chi connectivity index (χ4v) is 4.32. The van der Waals surface area contributed by atoms with Crippen molar-refractivity contribution in [3.63, 3.8) is 0 Å². The standard InChI is InChI=1S/C22H30N2O5S/c1-26-19-12-16(13-20(27-2)22(19)28-3)23-21(25)8-9-24(14-17-6-4-10-29-17)15-18-7-5-11-30-18/h5,7,11-13,17H,4,6,8-10,14-15H2,1-3H3,(H,23,25). The summed E-state index contributed by atoms with van der Waals surface area (Å²) in [5.41, 5.74) is 0.610. The van der Waals surface area contributed by atoms with E-state index < -0.39 is 0 Å². The van der Waals surface area contributed by atoms with Crippen molar-refractivity contribution in [3.8, 4) is 17.2 Å². The Morgan fingerprint density at radius 2 is 2.00 bits per heavy atom. The molecule has 7 nitrogen and oxygen atoms in total. The molecule has 0 radical (unpaired) electrons. The lowest BCUT2D eigenvalue weighted by Gasteiger charge is -2.24. The third kappa shape index (κ3) is 6.10. The van der Waals surface area contributed by atoms with Gasteiger partial charge in [-0.2, -0.15) is 0 Å². The van der Waals surface area contributed by atoms with Crippen molar-refractivity contribution in [3.05, 3.63) is 34.5 Å². The van der Waals surface area contributed by atoms with Crippen LogP contribution >= 0.6 is 11.3 Å². The molecule has 1 fully saturated rings. The second-order valence-corrected chi connectivity index (χ2v) is 8.19. The van der Waals surface area contributed by atoms with Crippen LogP contribution in [0, 0.1) is 0 Å². The summed E-state index contributed by atoms with van der Waals surface area (Å²) in [6, 6.07) is 7.65. The number of anilines is 1. The molecule has 0 saturated carbocycles. The third-order valence-corrected chi connectivity index (χ3v) is 5.91. The fraction of sp³-hybridized carbons (Fsp3) is 0.500. The molecule has 0 aliphatic carbocycles. The molecule has 0 spiro atoms. The van der Waals surface area contributed by atoms with Gasteiger partial charge < -0.3 is 24.3 Å². The van der Waals surface area contributed by atoms with Gasteiger partial charge in [0.05, 0.1) is 27.4 Å². The number of nitrogens with zero attached hydrogens (tertiary/aromatic N) is 1. The maximum absolute atomic E-state index is 12.6. The Kier molecular flexibility index (Phi) is 8.36. The number of thiophene rings is 1. The maximum atomic E-state index is 12.6. The van der Waals surface area contributed by atoms with Crippen LogP contribution in [0.5, 0.6) is 17.2 Å². The molecule has 0 bridgehead atoms. The van der Waals surface area contributed by atoms with Crippen molar-refractivity contribution in [1.29, 1.82) is 0 Å². The van der Waals surface area contributed by atoms with Crippen LogP contribution in [-0.2, 0) is 16.1 Å². The third-order valence-electron chi connectivity index (χ3n) is 5.05. The van der Waals surface area contributed by atoms with E-state index in [2.05, 4.69) is 27.7 Å². The summed E-state index contributed by atoms with van der Waals surface area (Å²) in [5.74, 6) is 1.44. The molecule has 1 N–H and O–H groups in total. The summed E-state index contributed by atoms with van der Waals surface area (Å²) in [6.07, 6.45) is 2.83. The number of ether oxygens (including phenoxy) is 4. The van der Waals surface area contributed by atoms with Gasteiger partial charge in [-0.3, -0.25) is 9.69 Å². The van der Waals surface area contributed by atoms with Gasteiger partial charge in [0.1, 0.15) is 0 Å². The zero-order valence-electron chi connectivity index (χ0n) is 17.8. The molecule has 1 atom stereocenters. The number of hydrogen-bond donors (Lipinski definition) is 1. The predicted octanol–water partition coefficient (Wildman–Crippen LogP) is 3.78. The van der Waals surface area contributed by atoms with Gasteiger partial charge in [-0.1, -0.05) is 6.07 Å². The van der Waals surface area contributed by atoms with Crippen LogP contribution < -0.4 is 19.5 Å². The molecule has 30 heavy (non-hydrogen) atoms. The summed E-state index contributed by atoms with van der Waals surface area (Å²) in [7, 11) is 4.65. The Labute approximate surface area is 181 Å². The zero-order chi connectivity index (χ0) is 21.3. The molecule has 164 valence electrons. The minimum absolute atomic E-state index is 0.0622. The van der Waals surface area contributed by atoms with E-state index in [1.54, 1.807) is 44.8 Å². The first-order valence-electron chi connectivity index (χ1n) is 10.1. The first-order chi connectivity index (χ1) is 14.6. The SMILES string of the molecule is COc1cc(NC(=O)CCN(Cc2cccs2)CC2CCCO2)cc(OC)c1OC. The van der Waals surface area contributed by atoms with Gasteiger partial charge in [0, 0.05) is 55.4 Å². The summed E-state index contributed by atoms with van der Waals surface area (Å²) < 4.78 is 21.8. The highest BCUT2D eigenvalue weighted by atomic mass is 32.1. The highest BCUT2D eigenvalue weighted by Crippen LogP contribution is 2.39. The van der Waals surface area contributed by atoms with Gasteiger partial charge in [-0.05, 0) is 24.3 Å². The van der Waals surface area contributed by atoms with E-state index in [9.17, 15) is 4.79 Å². The summed E-state index contributed by atoms with van der Waals surface area (Å²) in [6.45, 7) is 3.16. The van der Waals surface area contributed by atoms with E-state index in [4.69, 9.17) is 18.9 Å². The van der Waals surface area contributed by atoms with Crippen LogP contribution in [-0.4, -0.2) is 57.9 Å². The predicted molar refractivity (Wildman–Crippen MR) is 118 cm³/mol. The molecule has 3 rings (SSSR count). The van der Waals surface area contributed by atoms with E-state index in [0.717, 1.165) is 32.5 Å². The largest absolute Gasteiger partial charge is 0.493 e. The highest BCUT2D eigenvalue weighted by molar-refractivity contribution is 7.09. The first-order valence-corrected chi connectivity index (χ1v) is 11.0. The van der Waals surface area contributed by atoms with E-state index in [0.29, 0.717) is 35.9 Å². The van der Waals surface area contributed by atoms with Crippen molar-refractivity contribution >= 4 is 22.9 Å². The molecule has 8 heteroatoms. The number of benzene rings is 1. The molecule has 1 saturated heterocycles. The van der Waals surface area contributed by atoms with Gasteiger partial charge >= 0.3 is 0 Å². The van der Waals surface area contributed by atoms with Crippen LogP contribution in [0.25, 0.3) is 0 Å². The number of carbonyl (C=O) groups is 1. The number of carbonyl (C=O) groups excluding carboxylic acids is 1. The molecule has 1 aromatic heterocycles. The minimum atomic E-state index is -0.0622. The smallest absolute Gasteiger partial charge is 0.225 e. The Hall–Kier alpha value is -2.29. The van der Waals surface area contributed by atoms with Gasteiger partial charge in [0.2, 0.25) is 11.7 Å². The van der Waals surface area contributed by atoms with E-state index in [-0.39, 0.29) is 12.0 Å². The molecule has 1 aromatic carbocycles. The van der Waals surface area contributed by atoms with E-state index in [1.165, 1.54) is 4.88 Å². The van der Waals surface area contributed by atoms with Crippen molar-refractivity contribution in [1.82, 2.24) is 4.90 Å². The normalized spacial score (nSPS) is 15.9. The lowest BCUT2D eigenvalue weighted by Crippen LogP contribution is -2.34. The highest BCUT2D eigenvalue weighted by Gasteiger charge is 2.21. The summed E-state index contributed by atoms with van der Waals surface area (Å²) >= 11 is 1.73. The number of amides is 1. The topological polar surface area (TPSA) is 69.3 Å². The second-order valence-electron chi connectivity index (χ2n) is 7.16. The first kappa shape index (κ1) is 22.4. The van der Waals surface area contributed by atoms with Crippen LogP contribution in [0.1, 0.15) is 24.1 Å². The minimum Gasteiger partial charge on any atom is -0.493 e. The van der Waals surface area contributed by atoms with Crippen LogP contribution in [0.3, 0.4) is 0 Å². The average Bonchev–Trinajstić information content (AvgIpc) is 3.45. The van der Waals surface area contributed by atoms with Crippen molar-refractivity contribution < 1.29 is 23.7 Å². The Balaban J connectivity index is 1.60. The van der Waals surface area contributed by atoms with Crippen molar-refractivity contribution in [2.45, 2.75) is 31.9 Å². The van der Waals surface area contributed by atoms with Gasteiger partial charge in [0.25, 0.3) is 0 Å². The van der Waals surface area contributed by atoms with Crippen LogP contribution in [0.2, 0.25) is 0 Å². The number of hydrogen-bond acceptors (Lipinski definition) is 7. The van der Waals surface area contributed by atoms with E-state index >= 15 is 0 Å². The molecule has 2 aromatic rings. The van der Waals surface area contributed by atoms with Crippen molar-refractivity contribution in [2.24, 2.45) is 0 Å². The van der Waals surface area contributed by atoms with Gasteiger partial charge in [0.15, 0.2) is 11.5 Å². The van der Waals surface area contributed by atoms with E-state index in [1.807, 2.05) is 0 Å². The van der Waals surface area contributed by atoms with Crippen LogP contribution in [0.15, 0.2) is 29.6 Å². The molecule has 1 aliphatic rings. The van der Waals surface area contributed by atoms with Crippen LogP contribution in [0.4, 0.5) is 5.69 Å². The fourth-order valence-electron chi connectivity index (χ4n) is 3.57. The zero-order valence-corrected chi connectivity index (χ0v) is 18.6. The number of nitrogens with one attached hydrogen (secondary N) is 1. The molecular formula is C22H30N2O5S. The number of methoxy groups -OCH3 is 3. The monoisotopic (exact) mass is 434 g/mol. The Morgan fingerprint density at radius 3 is 2.57 bits per heavy atom. The van der Waals surface area contributed by atoms with Gasteiger partial charge in [-0.25, -0.2) is 0 Å². The van der Waals surface area contributed by atoms with Crippen molar-refractivity contribution in [2.75, 3.05) is 46.3 Å². The second kappa shape index (κ2) is 11.2. The Bertz CT molecular complexity index is 781. The van der Waals surface area contributed by atoms with Gasteiger partial charge in [-0.15, -0.1) is 11.3 Å². The summed E-state index contributed by atoms with van der Waals surface area (Å²) in [5, 5.41) is 5.02. The lowest BCUT2D eigenvalue weighted by atomic mass is 10.2. The Morgan fingerprint density at radius 1 is 1.23 bits per heavy atom. The summed E-state index contributed by atoms with van der Waals surface area (Å²) in [4.78, 5) is 16.2. The molecule has 1 amide bonds. The number of rotatable bonds is 11.